The van der Waals surface area contributed by atoms with Gasteiger partial charge in [-0.25, -0.2) is 0 Å². The largest absolute Gasteiger partial charge is 0.426 e. The number of hydrogen-bond acceptors (Lipinski definition) is 5. The number of nitrogens with zero attached hydrogens (tertiary/aromatic N) is 3. The van der Waals surface area contributed by atoms with Gasteiger partial charge < -0.3 is 9.64 Å². The topological polar surface area (TPSA) is 77.1 Å². The first-order chi connectivity index (χ1) is 15.8. The van der Waals surface area contributed by atoms with Crippen LogP contribution in [0.15, 0.2) is 47.1 Å². The van der Waals surface area contributed by atoms with E-state index in [1.807, 2.05) is 48.6 Å². The molecule has 1 aromatic rings. The van der Waals surface area contributed by atoms with E-state index >= 15 is 0 Å². The number of hydrogen-bond donors (Lipinski definition) is 0. The number of anilines is 1. The molecule has 33 heavy (non-hydrogen) atoms. The maximum atomic E-state index is 12.4. The van der Waals surface area contributed by atoms with Gasteiger partial charge in [-0.2, -0.15) is 10.5 Å². The van der Waals surface area contributed by atoms with Gasteiger partial charge in [-0.3, -0.25) is 4.79 Å². The summed E-state index contributed by atoms with van der Waals surface area (Å²) in [5.74, 6) is 0.285. The molecule has 0 aromatic heterocycles. The molecule has 0 amide bonds. The first-order valence-electron chi connectivity index (χ1n) is 11.3. The monoisotopic (exact) mass is 509 g/mol. The molecule has 2 rings (SSSR count). The summed E-state index contributed by atoms with van der Waals surface area (Å²) >= 11 is 3.35. The van der Waals surface area contributed by atoms with E-state index in [9.17, 15) is 15.3 Å². The number of halogens is 1. The van der Waals surface area contributed by atoms with Gasteiger partial charge in [0.2, 0.25) is 0 Å². The van der Waals surface area contributed by atoms with Crippen LogP contribution in [0.2, 0.25) is 0 Å². The summed E-state index contributed by atoms with van der Waals surface area (Å²) in [5, 5.41) is 19.4. The minimum absolute atomic E-state index is 0.0553. The quantitative estimate of drug-likeness (QED) is 0.160. The molecule has 0 N–H and O–H groups in total. The van der Waals surface area contributed by atoms with Crippen molar-refractivity contribution in [1.82, 2.24) is 0 Å². The van der Waals surface area contributed by atoms with Crippen molar-refractivity contribution < 1.29 is 9.53 Å². The fourth-order valence-corrected chi connectivity index (χ4v) is 4.29. The van der Waals surface area contributed by atoms with Crippen molar-refractivity contribution in [3.8, 4) is 17.9 Å². The summed E-state index contributed by atoms with van der Waals surface area (Å²) < 4.78 is 5.75. The number of ether oxygens (including phenoxy) is 1. The van der Waals surface area contributed by atoms with Crippen LogP contribution in [0.5, 0.6) is 5.75 Å². The van der Waals surface area contributed by atoms with Crippen molar-refractivity contribution >= 4 is 33.7 Å². The normalized spacial score (nSPS) is 14.9. The van der Waals surface area contributed by atoms with Crippen molar-refractivity contribution in [2.24, 2.45) is 5.41 Å². The van der Waals surface area contributed by atoms with Crippen molar-refractivity contribution in [3.63, 3.8) is 0 Å². The average Bonchev–Trinajstić information content (AvgIpc) is 2.78. The Bertz CT molecular complexity index is 1020. The molecule has 0 unspecified atom stereocenters. The Kier molecular flexibility index (Phi) is 9.95. The lowest BCUT2D eigenvalue weighted by molar-refractivity contribution is -0.134. The average molecular weight is 510 g/mol. The molecule has 0 fully saturated rings. The summed E-state index contributed by atoms with van der Waals surface area (Å²) in [5.41, 5.74) is 3.74. The van der Waals surface area contributed by atoms with Gasteiger partial charge in [-0.05, 0) is 61.8 Å². The summed E-state index contributed by atoms with van der Waals surface area (Å²) in [6, 6.07) is 9.96. The smallest absolute Gasteiger partial charge is 0.311 e. The number of esters is 1. The summed E-state index contributed by atoms with van der Waals surface area (Å²) in [6.45, 7) is 10.2. The van der Waals surface area contributed by atoms with E-state index in [0.717, 1.165) is 53.7 Å². The minimum atomic E-state index is -0.253. The molecule has 0 spiro atoms. The summed E-state index contributed by atoms with van der Waals surface area (Å²) in [4.78, 5) is 14.6. The number of benzene rings is 1. The fraction of sp³-hybridized carbons (Fsp3) is 0.444. The van der Waals surface area contributed by atoms with Gasteiger partial charge in [0.05, 0.1) is 0 Å². The lowest BCUT2D eigenvalue weighted by atomic mass is 9.74. The molecule has 5 nitrogen and oxygen atoms in total. The molecule has 0 saturated carbocycles. The number of carbonyl (C=O) groups is 1. The third-order valence-electron chi connectivity index (χ3n) is 5.60. The lowest BCUT2D eigenvalue weighted by Crippen LogP contribution is -2.22. The van der Waals surface area contributed by atoms with Crippen LogP contribution in [0.25, 0.3) is 6.08 Å². The Balaban J connectivity index is 2.43. The van der Waals surface area contributed by atoms with Gasteiger partial charge in [0, 0.05) is 42.2 Å². The zero-order valence-electron chi connectivity index (χ0n) is 19.9. The number of allylic oxidation sites excluding steroid dienone is 5. The van der Waals surface area contributed by atoms with Crippen molar-refractivity contribution in [1.29, 1.82) is 10.5 Å². The zero-order chi connectivity index (χ0) is 24.4. The maximum Gasteiger partial charge on any atom is 0.311 e. The molecule has 6 heteroatoms. The fourth-order valence-electron chi connectivity index (χ4n) is 4.01. The molecule has 0 bridgehead atoms. The molecule has 1 aliphatic carbocycles. The predicted octanol–water partition coefficient (Wildman–Crippen LogP) is 6.72. The van der Waals surface area contributed by atoms with Gasteiger partial charge in [-0.1, -0.05) is 48.0 Å². The summed E-state index contributed by atoms with van der Waals surface area (Å²) in [6.07, 6.45) is 8.47. The van der Waals surface area contributed by atoms with Gasteiger partial charge in [-0.15, -0.1) is 0 Å². The second kappa shape index (κ2) is 12.4. The van der Waals surface area contributed by atoms with Crippen LogP contribution >= 0.6 is 15.9 Å². The number of alkyl halides is 1. The Morgan fingerprint density at radius 3 is 2.48 bits per heavy atom. The van der Waals surface area contributed by atoms with E-state index in [2.05, 4.69) is 48.5 Å². The van der Waals surface area contributed by atoms with E-state index in [1.165, 1.54) is 0 Å². The van der Waals surface area contributed by atoms with Crippen LogP contribution in [-0.4, -0.2) is 24.4 Å². The Hall–Kier alpha value is -2.83. The highest BCUT2D eigenvalue weighted by atomic mass is 79.9. The first kappa shape index (κ1) is 26.4. The Morgan fingerprint density at radius 2 is 1.88 bits per heavy atom. The second-order valence-corrected chi connectivity index (χ2v) is 9.65. The molecular weight excluding hydrogens is 478 g/mol. The predicted molar refractivity (Wildman–Crippen MR) is 137 cm³/mol. The zero-order valence-corrected chi connectivity index (χ0v) is 21.5. The third-order valence-corrected chi connectivity index (χ3v) is 6.16. The van der Waals surface area contributed by atoms with Crippen LogP contribution < -0.4 is 9.64 Å². The minimum Gasteiger partial charge on any atom is -0.426 e. The third kappa shape index (κ3) is 7.62. The highest BCUT2D eigenvalue weighted by Gasteiger charge is 2.26. The van der Waals surface area contributed by atoms with E-state index in [4.69, 9.17) is 4.74 Å². The highest BCUT2D eigenvalue weighted by molar-refractivity contribution is 9.09. The second-order valence-electron chi connectivity index (χ2n) is 8.86. The van der Waals surface area contributed by atoms with Crippen LogP contribution in [0.4, 0.5) is 5.69 Å². The molecule has 174 valence electrons. The van der Waals surface area contributed by atoms with E-state index in [0.29, 0.717) is 18.6 Å². The summed E-state index contributed by atoms with van der Waals surface area (Å²) in [7, 11) is 0. The van der Waals surface area contributed by atoms with E-state index in [-0.39, 0.29) is 17.0 Å². The van der Waals surface area contributed by atoms with Crippen molar-refractivity contribution in [2.45, 2.75) is 53.4 Å². The molecule has 0 saturated heterocycles. The van der Waals surface area contributed by atoms with Gasteiger partial charge >= 0.3 is 5.97 Å². The maximum absolute atomic E-state index is 12.4. The Morgan fingerprint density at radius 1 is 1.18 bits per heavy atom. The van der Waals surface area contributed by atoms with Crippen LogP contribution in [0.1, 0.15) is 58.9 Å². The van der Waals surface area contributed by atoms with Gasteiger partial charge in [0.15, 0.2) is 0 Å². The molecule has 1 aromatic carbocycles. The lowest BCUT2D eigenvalue weighted by Gasteiger charge is -2.30. The van der Waals surface area contributed by atoms with Crippen molar-refractivity contribution in [3.05, 3.63) is 52.6 Å². The number of carbonyl (C=O) groups excluding carboxylic acids is 1. The number of nitriles is 2. The first-order valence-corrected chi connectivity index (χ1v) is 12.5. The molecule has 0 radical (unpaired) electrons. The van der Waals surface area contributed by atoms with Crippen LogP contribution in [0.3, 0.4) is 0 Å². The molecule has 1 aliphatic rings. The number of rotatable bonds is 9. The molecule has 0 atom stereocenters. The molecular formula is C27H32BrN3O2. The SMILES string of the molecule is CCN(CC)c1ccc(/C=C/C2=CC(=C(C#N)C#N)CC(C)(C)C2)c(OC(=O)CCCBr)c1. The van der Waals surface area contributed by atoms with Crippen LogP contribution in [0, 0.1) is 28.1 Å². The molecule has 0 aliphatic heterocycles. The van der Waals surface area contributed by atoms with E-state index in [1.54, 1.807) is 0 Å². The Labute approximate surface area is 206 Å². The standard InChI is InChI=1S/C27H32BrN3O2/c1-5-31(6-2)24-12-11-21(25(15-24)33-26(32)8-7-13-28)10-9-20-14-22(23(18-29)19-30)17-27(3,4)16-20/h9-12,14-15H,5-8,13,16-17H2,1-4H3/b10-9+. The molecule has 0 heterocycles. The van der Waals surface area contributed by atoms with Gasteiger partial charge in [0.25, 0.3) is 0 Å². The highest BCUT2D eigenvalue weighted by Crippen LogP contribution is 2.40. The van der Waals surface area contributed by atoms with Crippen LogP contribution in [-0.2, 0) is 4.79 Å². The van der Waals surface area contributed by atoms with E-state index < -0.39 is 0 Å². The van der Waals surface area contributed by atoms with Crippen molar-refractivity contribution in [2.75, 3.05) is 23.3 Å². The van der Waals surface area contributed by atoms with Gasteiger partial charge in [0.1, 0.15) is 23.5 Å².